The van der Waals surface area contributed by atoms with Gasteiger partial charge in [-0.2, -0.15) is 0 Å². The number of fused-ring (bicyclic) bond motifs is 1. The van der Waals surface area contributed by atoms with Crippen LogP contribution in [0.5, 0.6) is 5.75 Å². The van der Waals surface area contributed by atoms with Gasteiger partial charge in [-0.3, -0.25) is 4.79 Å². The number of hydrogen-bond acceptors (Lipinski definition) is 6. The number of thioether (sulfide) groups is 1. The lowest BCUT2D eigenvalue weighted by atomic mass is 10.1. The lowest BCUT2D eigenvalue weighted by Gasteiger charge is -2.12. The van der Waals surface area contributed by atoms with Crippen LogP contribution in [0.4, 0.5) is 5.69 Å². The van der Waals surface area contributed by atoms with Gasteiger partial charge in [-0.15, -0.1) is 10.2 Å². The molecule has 0 bridgehead atoms. The van der Waals surface area contributed by atoms with E-state index in [2.05, 4.69) is 15.5 Å². The first-order valence-electron chi connectivity index (χ1n) is 9.66. The van der Waals surface area contributed by atoms with E-state index in [9.17, 15) is 4.79 Å². The van der Waals surface area contributed by atoms with Gasteiger partial charge in [0.1, 0.15) is 5.75 Å². The van der Waals surface area contributed by atoms with Gasteiger partial charge in [0.25, 0.3) is 5.22 Å². The van der Waals surface area contributed by atoms with E-state index in [4.69, 9.17) is 9.15 Å². The number of carbonyl (C=O) groups excluding carboxylic acids is 1. The summed E-state index contributed by atoms with van der Waals surface area (Å²) in [4.78, 5) is 12.7. The molecule has 0 unspecified atom stereocenters. The molecule has 1 atom stereocenters. The van der Waals surface area contributed by atoms with Gasteiger partial charge in [-0.25, -0.2) is 0 Å². The molecule has 152 valence electrons. The summed E-state index contributed by atoms with van der Waals surface area (Å²) >= 11 is 1.23. The van der Waals surface area contributed by atoms with Crippen molar-refractivity contribution in [3.8, 4) is 17.2 Å². The van der Waals surface area contributed by atoms with Crippen molar-refractivity contribution in [2.75, 3.05) is 11.9 Å². The molecule has 6 nitrogen and oxygen atoms in total. The molecule has 1 aromatic heterocycles. The van der Waals surface area contributed by atoms with Crippen molar-refractivity contribution >= 4 is 34.1 Å². The van der Waals surface area contributed by atoms with Crippen molar-refractivity contribution in [3.05, 3.63) is 66.7 Å². The fourth-order valence-electron chi connectivity index (χ4n) is 3.01. The fourth-order valence-corrected chi connectivity index (χ4v) is 3.69. The number of hydrogen-bond donors (Lipinski definition) is 1. The SMILES string of the molecule is CCOc1ccc(-c2nnc(S[C@H](C)C(=O)Nc3cccc4ccccc34)o2)cc1. The van der Waals surface area contributed by atoms with Crippen LogP contribution in [-0.2, 0) is 4.79 Å². The maximum absolute atomic E-state index is 12.7. The van der Waals surface area contributed by atoms with Crippen LogP contribution in [0.25, 0.3) is 22.2 Å². The van der Waals surface area contributed by atoms with Crippen molar-refractivity contribution in [2.24, 2.45) is 0 Å². The van der Waals surface area contributed by atoms with E-state index in [1.165, 1.54) is 11.8 Å². The largest absolute Gasteiger partial charge is 0.494 e. The van der Waals surface area contributed by atoms with Crippen LogP contribution in [0.2, 0.25) is 0 Å². The Morgan fingerprint density at radius 1 is 1.07 bits per heavy atom. The maximum Gasteiger partial charge on any atom is 0.277 e. The number of nitrogens with one attached hydrogen (secondary N) is 1. The minimum absolute atomic E-state index is 0.128. The van der Waals surface area contributed by atoms with E-state index in [0.29, 0.717) is 17.7 Å². The standard InChI is InChI=1S/C23H21N3O3S/c1-3-28-18-13-11-17(12-14-18)22-25-26-23(29-22)30-15(2)21(27)24-20-10-6-8-16-7-4-5-9-19(16)20/h4-15H,3H2,1-2H3,(H,24,27)/t15-/m1/s1. The van der Waals surface area contributed by atoms with Gasteiger partial charge in [0, 0.05) is 16.6 Å². The molecule has 0 aliphatic rings. The molecule has 0 spiro atoms. The molecule has 0 aliphatic carbocycles. The lowest BCUT2D eigenvalue weighted by Crippen LogP contribution is -2.22. The number of aromatic nitrogens is 2. The highest BCUT2D eigenvalue weighted by atomic mass is 32.2. The molecule has 0 saturated heterocycles. The summed E-state index contributed by atoms with van der Waals surface area (Å²) in [7, 11) is 0. The predicted octanol–water partition coefficient (Wildman–Crippen LogP) is 5.41. The highest BCUT2D eigenvalue weighted by Gasteiger charge is 2.19. The summed E-state index contributed by atoms with van der Waals surface area (Å²) < 4.78 is 11.2. The Hall–Kier alpha value is -3.32. The minimum Gasteiger partial charge on any atom is -0.494 e. The third-order valence-corrected chi connectivity index (χ3v) is 5.45. The van der Waals surface area contributed by atoms with E-state index in [-0.39, 0.29) is 5.91 Å². The Morgan fingerprint density at radius 2 is 1.83 bits per heavy atom. The van der Waals surface area contributed by atoms with Crippen molar-refractivity contribution in [1.29, 1.82) is 0 Å². The number of amides is 1. The average molecular weight is 420 g/mol. The first-order chi connectivity index (χ1) is 14.6. The Morgan fingerprint density at radius 3 is 2.63 bits per heavy atom. The zero-order valence-electron chi connectivity index (χ0n) is 16.7. The summed E-state index contributed by atoms with van der Waals surface area (Å²) in [5.41, 5.74) is 1.58. The molecule has 7 heteroatoms. The molecule has 0 saturated carbocycles. The Balaban J connectivity index is 1.42. The fraction of sp³-hybridized carbons (Fsp3) is 0.174. The van der Waals surface area contributed by atoms with Crippen LogP contribution in [0.3, 0.4) is 0 Å². The van der Waals surface area contributed by atoms with Gasteiger partial charge < -0.3 is 14.5 Å². The zero-order chi connectivity index (χ0) is 20.9. The second-order valence-electron chi connectivity index (χ2n) is 6.61. The summed E-state index contributed by atoms with van der Waals surface area (Å²) in [6.45, 7) is 4.36. The summed E-state index contributed by atoms with van der Waals surface area (Å²) in [6.07, 6.45) is 0. The topological polar surface area (TPSA) is 77.2 Å². The number of anilines is 1. The van der Waals surface area contributed by atoms with Crippen LogP contribution >= 0.6 is 11.8 Å². The molecule has 30 heavy (non-hydrogen) atoms. The average Bonchev–Trinajstić information content (AvgIpc) is 3.23. The molecule has 0 fully saturated rings. The van der Waals surface area contributed by atoms with Crippen molar-refractivity contribution in [1.82, 2.24) is 10.2 Å². The normalized spacial score (nSPS) is 11.9. The monoisotopic (exact) mass is 419 g/mol. The molecular weight excluding hydrogens is 398 g/mol. The van der Waals surface area contributed by atoms with Crippen LogP contribution in [0, 0.1) is 0 Å². The number of carbonyl (C=O) groups is 1. The predicted molar refractivity (Wildman–Crippen MR) is 119 cm³/mol. The van der Waals surface area contributed by atoms with Crippen molar-refractivity contribution in [3.63, 3.8) is 0 Å². The highest BCUT2D eigenvalue weighted by molar-refractivity contribution is 8.00. The van der Waals surface area contributed by atoms with Crippen LogP contribution in [0.15, 0.2) is 76.4 Å². The van der Waals surface area contributed by atoms with Gasteiger partial charge in [-0.05, 0) is 49.6 Å². The molecule has 1 N–H and O–H groups in total. The second kappa shape index (κ2) is 9.00. The zero-order valence-corrected chi connectivity index (χ0v) is 17.5. The molecule has 1 heterocycles. The van der Waals surface area contributed by atoms with Gasteiger partial charge in [0.2, 0.25) is 11.8 Å². The van der Waals surface area contributed by atoms with Gasteiger partial charge >= 0.3 is 0 Å². The Labute approximate surface area is 178 Å². The smallest absolute Gasteiger partial charge is 0.277 e. The van der Waals surface area contributed by atoms with Gasteiger partial charge in [0.15, 0.2) is 0 Å². The third-order valence-electron chi connectivity index (χ3n) is 4.51. The quantitative estimate of drug-likeness (QED) is 0.404. The van der Waals surface area contributed by atoms with Crippen molar-refractivity contribution < 1.29 is 13.9 Å². The molecule has 4 rings (SSSR count). The maximum atomic E-state index is 12.7. The van der Waals surface area contributed by atoms with Gasteiger partial charge in [-0.1, -0.05) is 48.2 Å². The first-order valence-corrected chi connectivity index (χ1v) is 10.5. The van der Waals surface area contributed by atoms with Crippen LogP contribution in [-0.4, -0.2) is 28.0 Å². The molecule has 4 aromatic rings. The first kappa shape index (κ1) is 20.0. The van der Waals surface area contributed by atoms with Crippen LogP contribution < -0.4 is 10.1 Å². The lowest BCUT2D eigenvalue weighted by molar-refractivity contribution is -0.115. The molecular formula is C23H21N3O3S. The van der Waals surface area contributed by atoms with Gasteiger partial charge in [0.05, 0.1) is 11.9 Å². The number of benzene rings is 3. The summed E-state index contributed by atoms with van der Waals surface area (Å²) in [6, 6.07) is 21.2. The number of ether oxygens (including phenoxy) is 1. The van der Waals surface area contributed by atoms with E-state index in [1.54, 1.807) is 0 Å². The molecule has 3 aromatic carbocycles. The van der Waals surface area contributed by atoms with E-state index >= 15 is 0 Å². The van der Waals surface area contributed by atoms with Crippen LogP contribution in [0.1, 0.15) is 13.8 Å². The van der Waals surface area contributed by atoms with E-state index in [0.717, 1.165) is 27.8 Å². The van der Waals surface area contributed by atoms with E-state index < -0.39 is 5.25 Å². The van der Waals surface area contributed by atoms with Crippen molar-refractivity contribution in [2.45, 2.75) is 24.3 Å². The Bertz CT molecular complexity index is 1150. The Kier molecular flexibility index (Phi) is 5.99. The summed E-state index contributed by atoms with van der Waals surface area (Å²) in [5.74, 6) is 1.06. The highest BCUT2D eigenvalue weighted by Crippen LogP contribution is 2.29. The second-order valence-corrected chi connectivity index (χ2v) is 7.90. The molecule has 0 aliphatic heterocycles. The number of rotatable bonds is 7. The number of nitrogens with zero attached hydrogens (tertiary/aromatic N) is 2. The summed E-state index contributed by atoms with van der Waals surface area (Å²) in [5, 5.41) is 13.2. The molecule has 1 amide bonds. The third kappa shape index (κ3) is 4.46. The molecule has 0 radical (unpaired) electrons. The van der Waals surface area contributed by atoms with E-state index in [1.807, 2.05) is 80.6 Å². The minimum atomic E-state index is -0.405.